The fourth-order valence-electron chi connectivity index (χ4n) is 3.24. The second kappa shape index (κ2) is 7.51. The van der Waals surface area contributed by atoms with Crippen LogP contribution in [0.25, 0.3) is 0 Å². The van der Waals surface area contributed by atoms with Gasteiger partial charge in [0, 0.05) is 23.5 Å². The van der Waals surface area contributed by atoms with E-state index in [1.807, 2.05) is 39.8 Å². The molecule has 1 aromatic carbocycles. The summed E-state index contributed by atoms with van der Waals surface area (Å²) in [5.41, 5.74) is 5.06. The zero-order valence-corrected chi connectivity index (χ0v) is 18.0. The Hall–Kier alpha value is -2.07. The van der Waals surface area contributed by atoms with Crippen LogP contribution in [0.15, 0.2) is 70.4 Å². The molecule has 4 heteroatoms. The molecule has 0 N–H and O–H groups in total. The van der Waals surface area contributed by atoms with Crippen LogP contribution in [0, 0.1) is 0 Å². The van der Waals surface area contributed by atoms with Gasteiger partial charge in [0.1, 0.15) is 5.60 Å². The van der Waals surface area contributed by atoms with E-state index >= 15 is 0 Å². The van der Waals surface area contributed by atoms with Gasteiger partial charge in [0.15, 0.2) is 0 Å². The van der Waals surface area contributed by atoms with Crippen LogP contribution in [-0.4, -0.2) is 18.1 Å². The van der Waals surface area contributed by atoms with Crippen LogP contribution in [-0.2, 0) is 9.53 Å². The van der Waals surface area contributed by atoms with Crippen molar-refractivity contribution < 1.29 is 9.53 Å². The molecule has 1 aliphatic carbocycles. The average molecular weight is 428 g/mol. The lowest BCUT2D eigenvalue weighted by Gasteiger charge is -2.23. The molecule has 3 nitrogen and oxygen atoms in total. The molecule has 0 radical (unpaired) electrons. The van der Waals surface area contributed by atoms with E-state index in [1.165, 1.54) is 15.6 Å². The molecule has 1 atom stereocenters. The van der Waals surface area contributed by atoms with Gasteiger partial charge in [-0.25, -0.2) is 0 Å². The number of carbonyl (C=O) groups excluding carboxylic acids is 1. The maximum absolute atomic E-state index is 12.3. The Bertz CT molecular complexity index is 853. The van der Waals surface area contributed by atoms with Crippen molar-refractivity contribution in [2.45, 2.75) is 45.6 Å². The summed E-state index contributed by atoms with van der Waals surface area (Å²) >= 11 is 3.57. The highest BCUT2D eigenvalue weighted by molar-refractivity contribution is 9.11. The summed E-state index contributed by atoms with van der Waals surface area (Å²) in [6.45, 7) is 12.7. The zero-order valence-electron chi connectivity index (χ0n) is 16.4. The van der Waals surface area contributed by atoms with Gasteiger partial charge in [0.25, 0.3) is 0 Å². The van der Waals surface area contributed by atoms with E-state index in [1.54, 1.807) is 0 Å². The maximum atomic E-state index is 12.3. The van der Waals surface area contributed by atoms with E-state index in [4.69, 9.17) is 4.74 Å². The summed E-state index contributed by atoms with van der Waals surface area (Å²) in [6, 6.07) is 8.12. The van der Waals surface area contributed by atoms with Crippen molar-refractivity contribution >= 4 is 27.6 Å². The van der Waals surface area contributed by atoms with E-state index in [2.05, 4.69) is 57.8 Å². The van der Waals surface area contributed by atoms with Crippen molar-refractivity contribution in [1.29, 1.82) is 0 Å². The van der Waals surface area contributed by atoms with Gasteiger partial charge in [-0.3, -0.25) is 4.79 Å². The molecule has 3 rings (SSSR count). The number of ether oxygens (including phenoxy) is 1. The Morgan fingerprint density at radius 3 is 2.52 bits per heavy atom. The minimum absolute atomic E-state index is 0.198. The third-order valence-electron chi connectivity index (χ3n) is 4.75. The normalized spacial score (nSPS) is 18.2. The Kier molecular flexibility index (Phi) is 5.48. The topological polar surface area (TPSA) is 29.5 Å². The highest BCUT2D eigenvalue weighted by atomic mass is 79.9. The minimum Gasteiger partial charge on any atom is -0.460 e. The number of rotatable bonds is 3. The van der Waals surface area contributed by atoms with Gasteiger partial charge in [0.2, 0.25) is 0 Å². The van der Waals surface area contributed by atoms with E-state index in [-0.39, 0.29) is 11.9 Å². The van der Waals surface area contributed by atoms with E-state index in [0.29, 0.717) is 0 Å². The molecule has 0 amide bonds. The predicted molar refractivity (Wildman–Crippen MR) is 115 cm³/mol. The quantitative estimate of drug-likeness (QED) is 0.553. The highest BCUT2D eigenvalue weighted by Gasteiger charge is 2.27. The Morgan fingerprint density at radius 2 is 1.89 bits per heavy atom. The fraction of sp³-hybridized carbons (Fsp3) is 0.348. The van der Waals surface area contributed by atoms with Crippen molar-refractivity contribution in [3.63, 3.8) is 0 Å². The van der Waals surface area contributed by atoms with E-state index < -0.39 is 5.60 Å². The largest absolute Gasteiger partial charge is 0.460 e. The molecular weight excluding hydrogens is 402 g/mol. The molecule has 0 spiro atoms. The number of hydrogen-bond donors (Lipinski definition) is 0. The van der Waals surface area contributed by atoms with Crippen LogP contribution in [0.2, 0.25) is 0 Å². The first-order chi connectivity index (χ1) is 12.7. The minimum atomic E-state index is -0.474. The lowest BCUT2D eigenvalue weighted by molar-refractivity contribution is -0.156. The highest BCUT2D eigenvalue weighted by Crippen LogP contribution is 2.37. The molecule has 2 aliphatic rings. The maximum Gasteiger partial charge on any atom is 0.313 e. The third-order valence-corrected chi connectivity index (χ3v) is 5.34. The second-order valence-corrected chi connectivity index (χ2v) is 9.03. The van der Waals surface area contributed by atoms with Crippen molar-refractivity contribution in [3.05, 3.63) is 76.0 Å². The number of fused-ring (bicyclic) bond motifs is 1. The Balaban J connectivity index is 1.77. The first kappa shape index (κ1) is 19.7. The van der Waals surface area contributed by atoms with Gasteiger partial charge in [0.05, 0.1) is 5.92 Å². The average Bonchev–Trinajstić information content (AvgIpc) is 2.79. The molecule has 1 heterocycles. The van der Waals surface area contributed by atoms with Gasteiger partial charge >= 0.3 is 5.97 Å². The number of allylic oxidation sites excluding steroid dienone is 5. The molecule has 0 saturated carbocycles. The van der Waals surface area contributed by atoms with Gasteiger partial charge in [-0.05, 0) is 61.9 Å². The van der Waals surface area contributed by atoms with Gasteiger partial charge in [-0.2, -0.15) is 0 Å². The first-order valence-electron chi connectivity index (χ1n) is 9.21. The monoisotopic (exact) mass is 427 g/mol. The molecule has 27 heavy (non-hydrogen) atoms. The van der Waals surface area contributed by atoms with E-state index in [9.17, 15) is 4.79 Å². The van der Waals surface area contributed by atoms with Crippen LogP contribution in [0.1, 0.15) is 45.6 Å². The number of benzene rings is 1. The Morgan fingerprint density at radius 1 is 1.22 bits per heavy atom. The first-order valence-corrected chi connectivity index (χ1v) is 10.0. The number of halogens is 1. The van der Waals surface area contributed by atoms with Gasteiger partial charge in [-0.1, -0.05) is 52.9 Å². The second-order valence-electron chi connectivity index (χ2n) is 8.01. The third kappa shape index (κ3) is 4.44. The van der Waals surface area contributed by atoms with Crippen molar-refractivity contribution in [1.82, 2.24) is 0 Å². The van der Waals surface area contributed by atoms with Crippen LogP contribution in [0.3, 0.4) is 0 Å². The summed E-state index contributed by atoms with van der Waals surface area (Å²) in [5, 5.41) is 0. The lowest BCUT2D eigenvalue weighted by Crippen LogP contribution is -2.26. The van der Waals surface area contributed by atoms with Crippen LogP contribution in [0.4, 0.5) is 5.69 Å². The number of anilines is 1. The Labute approximate surface area is 170 Å². The van der Waals surface area contributed by atoms with Crippen LogP contribution in [0.5, 0.6) is 0 Å². The summed E-state index contributed by atoms with van der Waals surface area (Å²) in [6.07, 6.45) is 7.38. The van der Waals surface area contributed by atoms with Crippen molar-refractivity contribution in [2.75, 3.05) is 11.4 Å². The summed E-state index contributed by atoms with van der Waals surface area (Å²) in [4.78, 5) is 14.5. The van der Waals surface area contributed by atoms with Crippen molar-refractivity contribution in [2.24, 2.45) is 0 Å². The number of hydrogen-bond acceptors (Lipinski definition) is 3. The summed E-state index contributed by atoms with van der Waals surface area (Å²) in [5.74, 6) is -0.491. The molecular formula is C23H26BrNO2. The molecule has 0 bridgehead atoms. The predicted octanol–water partition coefficient (Wildman–Crippen LogP) is 6.00. The summed E-state index contributed by atoms with van der Waals surface area (Å²) in [7, 11) is 0. The number of nitrogens with zero attached hydrogens (tertiary/aromatic N) is 1. The molecule has 1 fully saturated rings. The molecule has 0 aromatic heterocycles. The molecule has 1 saturated heterocycles. The smallest absolute Gasteiger partial charge is 0.313 e. The molecule has 1 aromatic rings. The standard InChI is InChI=1S/C23H26BrNO2/c1-15(22(26)27-23(3,4)5)17-7-11-20(12-8-17)25-14-18-6-9-19(24)10-13-21(18)16(25)2/h6-8,10-13,15H,2,9,14H2,1,3-5H3. The number of carbonyl (C=O) groups is 1. The van der Waals surface area contributed by atoms with Crippen LogP contribution >= 0.6 is 15.9 Å². The van der Waals surface area contributed by atoms with Crippen molar-refractivity contribution in [3.8, 4) is 0 Å². The fourth-order valence-corrected chi connectivity index (χ4v) is 3.53. The SMILES string of the molecule is C=C1C2=CC=C(Br)CC=C2CN1c1ccc(C(C)C(=O)OC(C)(C)C)cc1. The molecule has 1 aliphatic heterocycles. The molecule has 142 valence electrons. The lowest BCUT2D eigenvalue weighted by atomic mass is 10.0. The molecule has 1 unspecified atom stereocenters. The summed E-state index contributed by atoms with van der Waals surface area (Å²) < 4.78 is 6.68. The zero-order chi connectivity index (χ0) is 19.8. The van der Waals surface area contributed by atoms with Crippen LogP contribution < -0.4 is 4.90 Å². The van der Waals surface area contributed by atoms with Gasteiger partial charge in [-0.15, -0.1) is 0 Å². The van der Waals surface area contributed by atoms with E-state index in [0.717, 1.165) is 29.9 Å². The number of esters is 1. The van der Waals surface area contributed by atoms with Gasteiger partial charge < -0.3 is 9.64 Å².